The van der Waals surface area contributed by atoms with Gasteiger partial charge in [0.05, 0.1) is 5.39 Å². The molecule has 1 atom stereocenters. The van der Waals surface area contributed by atoms with Crippen LogP contribution in [0, 0.1) is 0 Å². The molecule has 4 nitrogen and oxygen atoms in total. The van der Waals surface area contributed by atoms with Gasteiger partial charge in [-0.25, -0.2) is 0 Å². The van der Waals surface area contributed by atoms with E-state index in [0.717, 1.165) is 5.56 Å². The number of hydrogen-bond donors (Lipinski definition) is 1. The first-order chi connectivity index (χ1) is 11.5. The Hall–Kier alpha value is -2.59. The van der Waals surface area contributed by atoms with Crippen molar-refractivity contribution in [2.45, 2.75) is 12.8 Å². The highest BCUT2D eigenvalue weighted by Gasteiger charge is 2.14. The van der Waals surface area contributed by atoms with Crippen LogP contribution in [0.2, 0.25) is 5.02 Å². The fourth-order valence-electron chi connectivity index (χ4n) is 2.47. The SMILES string of the molecule is C[C@@H](CNC(=O)c1cc(=O)c2cc(Cl)ccc2o1)c1ccccc1. The van der Waals surface area contributed by atoms with Crippen LogP contribution in [0.5, 0.6) is 0 Å². The number of amides is 1. The lowest BCUT2D eigenvalue weighted by Gasteiger charge is -2.12. The summed E-state index contributed by atoms with van der Waals surface area (Å²) in [5, 5.41) is 3.61. The Morgan fingerprint density at radius 1 is 1.17 bits per heavy atom. The molecular formula is C19H16ClNO3. The molecule has 0 unspecified atom stereocenters. The molecule has 122 valence electrons. The molecule has 0 bridgehead atoms. The maximum Gasteiger partial charge on any atom is 0.287 e. The number of benzene rings is 2. The second-order valence-electron chi connectivity index (χ2n) is 5.64. The van der Waals surface area contributed by atoms with Crippen LogP contribution in [0.15, 0.2) is 63.8 Å². The Morgan fingerprint density at radius 3 is 2.67 bits per heavy atom. The molecule has 0 aliphatic rings. The highest BCUT2D eigenvalue weighted by atomic mass is 35.5. The third-order valence-electron chi connectivity index (χ3n) is 3.85. The molecule has 3 rings (SSSR count). The van der Waals surface area contributed by atoms with Gasteiger partial charge >= 0.3 is 0 Å². The van der Waals surface area contributed by atoms with E-state index in [2.05, 4.69) is 5.32 Å². The van der Waals surface area contributed by atoms with Crippen molar-refractivity contribution in [1.82, 2.24) is 5.32 Å². The Kier molecular flexibility index (Phi) is 4.67. The average Bonchev–Trinajstić information content (AvgIpc) is 2.60. The summed E-state index contributed by atoms with van der Waals surface area (Å²) in [5.41, 5.74) is 1.18. The van der Waals surface area contributed by atoms with Crippen molar-refractivity contribution in [1.29, 1.82) is 0 Å². The van der Waals surface area contributed by atoms with E-state index >= 15 is 0 Å². The van der Waals surface area contributed by atoms with Gasteiger partial charge in [0.25, 0.3) is 5.91 Å². The van der Waals surface area contributed by atoms with Crippen molar-refractivity contribution in [3.8, 4) is 0 Å². The summed E-state index contributed by atoms with van der Waals surface area (Å²) in [4.78, 5) is 24.4. The Balaban J connectivity index is 1.77. The summed E-state index contributed by atoms with van der Waals surface area (Å²) in [6.45, 7) is 2.47. The molecule has 0 saturated heterocycles. The van der Waals surface area contributed by atoms with E-state index in [9.17, 15) is 9.59 Å². The van der Waals surface area contributed by atoms with E-state index in [0.29, 0.717) is 22.5 Å². The third kappa shape index (κ3) is 3.49. The summed E-state index contributed by atoms with van der Waals surface area (Å²) in [5.74, 6) is -0.261. The molecule has 1 heterocycles. The van der Waals surface area contributed by atoms with Crippen LogP contribution in [0.1, 0.15) is 29.0 Å². The van der Waals surface area contributed by atoms with Crippen molar-refractivity contribution in [3.63, 3.8) is 0 Å². The molecule has 3 aromatic rings. The minimum absolute atomic E-state index is 0.00455. The highest BCUT2D eigenvalue weighted by Crippen LogP contribution is 2.18. The summed E-state index contributed by atoms with van der Waals surface area (Å²) in [7, 11) is 0. The van der Waals surface area contributed by atoms with Gasteiger partial charge in [0.15, 0.2) is 11.2 Å². The number of rotatable bonds is 4. The maximum atomic E-state index is 12.3. The van der Waals surface area contributed by atoms with E-state index < -0.39 is 5.91 Å². The van der Waals surface area contributed by atoms with Crippen LogP contribution >= 0.6 is 11.6 Å². The first-order valence-electron chi connectivity index (χ1n) is 7.61. The Morgan fingerprint density at radius 2 is 1.92 bits per heavy atom. The van der Waals surface area contributed by atoms with Gasteiger partial charge in [0.2, 0.25) is 0 Å². The van der Waals surface area contributed by atoms with E-state index in [4.69, 9.17) is 16.0 Å². The van der Waals surface area contributed by atoms with Crippen LogP contribution in [-0.4, -0.2) is 12.5 Å². The molecule has 0 aliphatic carbocycles. The second-order valence-corrected chi connectivity index (χ2v) is 6.07. The van der Waals surface area contributed by atoms with Gasteiger partial charge in [0, 0.05) is 17.6 Å². The maximum absolute atomic E-state index is 12.3. The van der Waals surface area contributed by atoms with Gasteiger partial charge in [-0.2, -0.15) is 0 Å². The molecule has 5 heteroatoms. The normalized spacial score (nSPS) is 12.1. The fraction of sp³-hybridized carbons (Fsp3) is 0.158. The Labute approximate surface area is 144 Å². The van der Waals surface area contributed by atoms with Gasteiger partial charge in [-0.15, -0.1) is 0 Å². The van der Waals surface area contributed by atoms with E-state index in [1.807, 2.05) is 37.3 Å². The van der Waals surface area contributed by atoms with Crippen LogP contribution < -0.4 is 10.7 Å². The topological polar surface area (TPSA) is 59.3 Å². The third-order valence-corrected chi connectivity index (χ3v) is 4.09. The van der Waals surface area contributed by atoms with Crippen LogP contribution in [0.25, 0.3) is 11.0 Å². The lowest BCUT2D eigenvalue weighted by atomic mass is 10.0. The lowest BCUT2D eigenvalue weighted by molar-refractivity contribution is 0.0924. The van der Waals surface area contributed by atoms with Gasteiger partial charge in [-0.05, 0) is 29.7 Å². The van der Waals surface area contributed by atoms with Crippen LogP contribution in [-0.2, 0) is 0 Å². The number of carbonyl (C=O) groups is 1. The van der Waals surface area contributed by atoms with Gasteiger partial charge in [-0.3, -0.25) is 9.59 Å². The minimum atomic E-state index is -0.410. The molecule has 0 fully saturated rings. The smallest absolute Gasteiger partial charge is 0.287 e. The average molecular weight is 342 g/mol. The molecule has 0 spiro atoms. The summed E-state index contributed by atoms with van der Waals surface area (Å²) < 4.78 is 5.53. The van der Waals surface area contributed by atoms with Crippen LogP contribution in [0.3, 0.4) is 0 Å². The standard InChI is InChI=1S/C19H16ClNO3/c1-12(13-5-3-2-4-6-13)11-21-19(23)18-10-16(22)15-9-14(20)7-8-17(15)24-18/h2-10,12H,11H2,1H3,(H,21,23)/t12-/m0/s1. The van der Waals surface area contributed by atoms with E-state index in [1.165, 1.54) is 12.1 Å². The number of fused-ring (bicyclic) bond motifs is 1. The van der Waals surface area contributed by atoms with Gasteiger partial charge in [-0.1, -0.05) is 48.9 Å². The zero-order valence-electron chi connectivity index (χ0n) is 13.1. The summed E-state index contributed by atoms with van der Waals surface area (Å²) in [6.07, 6.45) is 0. The zero-order valence-corrected chi connectivity index (χ0v) is 13.8. The first kappa shape index (κ1) is 16.3. The Bertz CT molecular complexity index is 934. The van der Waals surface area contributed by atoms with E-state index in [1.54, 1.807) is 12.1 Å². The van der Waals surface area contributed by atoms with Crippen molar-refractivity contribution >= 4 is 28.5 Å². The molecule has 0 aliphatic heterocycles. The number of nitrogens with one attached hydrogen (secondary N) is 1. The molecule has 2 aromatic carbocycles. The molecule has 0 radical (unpaired) electrons. The van der Waals surface area contributed by atoms with Gasteiger partial charge in [0.1, 0.15) is 5.58 Å². The minimum Gasteiger partial charge on any atom is -0.451 e. The molecule has 0 saturated carbocycles. The predicted octanol–water partition coefficient (Wildman–Crippen LogP) is 3.98. The molecule has 1 aromatic heterocycles. The predicted molar refractivity (Wildman–Crippen MR) is 94.7 cm³/mol. The summed E-state index contributed by atoms with van der Waals surface area (Å²) in [6, 6.07) is 15.8. The number of carbonyl (C=O) groups excluding carboxylic acids is 1. The molecule has 1 N–H and O–H groups in total. The van der Waals surface area contributed by atoms with Crippen molar-refractivity contribution in [3.05, 3.63) is 81.2 Å². The highest BCUT2D eigenvalue weighted by molar-refractivity contribution is 6.31. The van der Waals surface area contributed by atoms with Gasteiger partial charge < -0.3 is 9.73 Å². The summed E-state index contributed by atoms with van der Waals surface area (Å²) >= 11 is 5.88. The first-order valence-corrected chi connectivity index (χ1v) is 7.99. The molecular weight excluding hydrogens is 326 g/mol. The fourth-order valence-corrected chi connectivity index (χ4v) is 2.64. The zero-order chi connectivity index (χ0) is 17.1. The van der Waals surface area contributed by atoms with E-state index in [-0.39, 0.29) is 17.1 Å². The quantitative estimate of drug-likeness (QED) is 0.780. The van der Waals surface area contributed by atoms with Crippen LogP contribution in [0.4, 0.5) is 0 Å². The van der Waals surface area contributed by atoms with Crippen molar-refractivity contribution in [2.75, 3.05) is 6.54 Å². The molecule has 1 amide bonds. The number of hydrogen-bond acceptors (Lipinski definition) is 3. The number of halogens is 1. The second kappa shape index (κ2) is 6.89. The van der Waals surface area contributed by atoms with Crippen molar-refractivity contribution in [2.24, 2.45) is 0 Å². The lowest BCUT2D eigenvalue weighted by Crippen LogP contribution is -2.28. The largest absolute Gasteiger partial charge is 0.451 e. The monoisotopic (exact) mass is 341 g/mol. The van der Waals surface area contributed by atoms with Crippen molar-refractivity contribution < 1.29 is 9.21 Å². The molecule has 24 heavy (non-hydrogen) atoms.